The van der Waals surface area contributed by atoms with Crippen LogP contribution >= 0.6 is 0 Å². The highest BCUT2D eigenvalue weighted by atomic mass is 32.2. The van der Waals surface area contributed by atoms with Crippen molar-refractivity contribution in [3.05, 3.63) is 72.3 Å². The molecule has 0 bridgehead atoms. The second-order valence-electron chi connectivity index (χ2n) is 4.39. The van der Waals surface area contributed by atoms with E-state index in [2.05, 4.69) is 0 Å². The van der Waals surface area contributed by atoms with Crippen molar-refractivity contribution in [3.8, 4) is 0 Å². The van der Waals surface area contributed by atoms with Crippen LogP contribution in [-0.2, 0) is 9.84 Å². The van der Waals surface area contributed by atoms with Crippen LogP contribution in [0, 0.1) is 20.2 Å². The SMILES string of the molecule is CC1=C([N+](=O)[O-])CS(=O)(=O)C1=C(c1ccccc1)[N+](=O)[O-]. The molecule has 110 valence electrons. The van der Waals surface area contributed by atoms with E-state index in [9.17, 15) is 28.6 Å². The molecule has 9 heteroatoms. The molecule has 0 unspecified atom stereocenters. The monoisotopic (exact) mass is 310 g/mol. The molecule has 0 saturated heterocycles. The molecule has 0 N–H and O–H groups in total. The molecule has 0 fully saturated rings. The topological polar surface area (TPSA) is 120 Å². The van der Waals surface area contributed by atoms with Gasteiger partial charge in [-0.2, -0.15) is 0 Å². The van der Waals surface area contributed by atoms with Gasteiger partial charge >= 0.3 is 0 Å². The van der Waals surface area contributed by atoms with E-state index >= 15 is 0 Å². The highest BCUT2D eigenvalue weighted by Crippen LogP contribution is 2.36. The summed E-state index contributed by atoms with van der Waals surface area (Å²) in [4.78, 5) is 19.9. The van der Waals surface area contributed by atoms with Crippen molar-refractivity contribution in [2.24, 2.45) is 0 Å². The lowest BCUT2D eigenvalue weighted by Gasteiger charge is -2.03. The van der Waals surface area contributed by atoms with Crippen LogP contribution in [0.1, 0.15) is 12.5 Å². The number of nitro groups is 2. The number of rotatable bonds is 3. The lowest BCUT2D eigenvalue weighted by atomic mass is 10.1. The number of hydrogen-bond acceptors (Lipinski definition) is 6. The van der Waals surface area contributed by atoms with Crippen molar-refractivity contribution < 1.29 is 18.3 Å². The number of nitrogens with zero attached hydrogens (tertiary/aromatic N) is 2. The van der Waals surface area contributed by atoms with Crippen molar-refractivity contribution in [2.75, 3.05) is 5.75 Å². The summed E-state index contributed by atoms with van der Waals surface area (Å²) in [7, 11) is -4.10. The molecule has 0 saturated carbocycles. The van der Waals surface area contributed by atoms with E-state index < -0.39 is 41.7 Å². The van der Waals surface area contributed by atoms with Gasteiger partial charge in [0.1, 0.15) is 5.75 Å². The maximum Gasteiger partial charge on any atom is 0.295 e. The largest absolute Gasteiger partial charge is 0.295 e. The van der Waals surface area contributed by atoms with Crippen molar-refractivity contribution in [3.63, 3.8) is 0 Å². The predicted octanol–water partition coefficient (Wildman–Crippen LogP) is 1.61. The maximum absolute atomic E-state index is 12.1. The van der Waals surface area contributed by atoms with Gasteiger partial charge in [0.25, 0.3) is 11.4 Å². The number of hydrogen-bond donors (Lipinski definition) is 0. The minimum absolute atomic E-state index is 0.0880. The minimum Gasteiger partial charge on any atom is -0.259 e. The molecule has 21 heavy (non-hydrogen) atoms. The first-order valence-corrected chi connectivity index (χ1v) is 7.42. The van der Waals surface area contributed by atoms with E-state index in [1.165, 1.54) is 31.2 Å². The van der Waals surface area contributed by atoms with Crippen molar-refractivity contribution in [1.29, 1.82) is 0 Å². The Labute approximate surface area is 119 Å². The first-order chi connectivity index (χ1) is 9.75. The lowest BCUT2D eigenvalue weighted by molar-refractivity contribution is -0.424. The van der Waals surface area contributed by atoms with E-state index in [4.69, 9.17) is 0 Å². The smallest absolute Gasteiger partial charge is 0.259 e. The molecule has 1 aliphatic rings. The lowest BCUT2D eigenvalue weighted by Crippen LogP contribution is -2.10. The summed E-state index contributed by atoms with van der Waals surface area (Å²) in [5.41, 5.74) is -1.26. The summed E-state index contributed by atoms with van der Waals surface area (Å²) in [6.45, 7) is 1.21. The highest BCUT2D eigenvalue weighted by molar-refractivity contribution is 7.96. The molecule has 1 aromatic rings. The zero-order valence-electron chi connectivity index (χ0n) is 10.8. The molecule has 2 rings (SSSR count). The Kier molecular flexibility index (Phi) is 3.60. The van der Waals surface area contributed by atoms with Gasteiger partial charge in [0.2, 0.25) is 0 Å². The molecule has 0 aromatic heterocycles. The quantitative estimate of drug-likeness (QED) is 0.617. The van der Waals surface area contributed by atoms with Crippen LogP contribution in [0.15, 0.2) is 46.5 Å². The van der Waals surface area contributed by atoms with Crippen LogP contribution in [0.4, 0.5) is 0 Å². The Morgan fingerprint density at radius 1 is 1.14 bits per heavy atom. The molecule has 1 aromatic carbocycles. The van der Waals surface area contributed by atoms with Gasteiger partial charge in [-0.3, -0.25) is 20.2 Å². The van der Waals surface area contributed by atoms with E-state index in [-0.39, 0.29) is 11.1 Å². The summed E-state index contributed by atoms with van der Waals surface area (Å²) in [6, 6.07) is 7.44. The number of sulfone groups is 1. The van der Waals surface area contributed by atoms with Crippen LogP contribution in [0.2, 0.25) is 0 Å². The second-order valence-corrected chi connectivity index (χ2v) is 6.32. The number of allylic oxidation sites excluding steroid dienone is 1. The third-order valence-electron chi connectivity index (χ3n) is 3.08. The van der Waals surface area contributed by atoms with Gasteiger partial charge in [0.15, 0.2) is 14.7 Å². The van der Waals surface area contributed by atoms with Crippen LogP contribution in [0.25, 0.3) is 5.70 Å². The average molecular weight is 310 g/mol. The second kappa shape index (κ2) is 5.09. The van der Waals surface area contributed by atoms with E-state index in [1.807, 2.05) is 0 Å². The van der Waals surface area contributed by atoms with Crippen LogP contribution in [0.5, 0.6) is 0 Å². The third kappa shape index (κ3) is 2.55. The summed E-state index contributed by atoms with van der Waals surface area (Å²) < 4.78 is 24.2. The normalized spacial score (nSPS) is 19.5. The van der Waals surface area contributed by atoms with Gasteiger partial charge in [-0.25, -0.2) is 8.42 Å². The van der Waals surface area contributed by atoms with Crippen LogP contribution < -0.4 is 0 Å². The molecule has 0 amide bonds. The standard InChI is InChI=1S/C12H10N2O6S/c1-8-10(13(15)16)7-21(19,20)12(8)11(14(17)18)9-5-3-2-4-6-9/h2-6H,7H2,1H3. The Bertz CT molecular complexity index is 792. The molecular weight excluding hydrogens is 300 g/mol. The molecule has 8 nitrogen and oxygen atoms in total. The minimum atomic E-state index is -4.10. The van der Waals surface area contributed by atoms with Gasteiger partial charge < -0.3 is 0 Å². The summed E-state index contributed by atoms with van der Waals surface area (Å²) in [6.07, 6.45) is 0. The zero-order valence-corrected chi connectivity index (χ0v) is 11.7. The summed E-state index contributed by atoms with van der Waals surface area (Å²) in [5, 5.41) is 22.2. The van der Waals surface area contributed by atoms with Gasteiger partial charge in [0, 0.05) is 5.57 Å². The van der Waals surface area contributed by atoms with Gasteiger partial charge in [-0.15, -0.1) is 0 Å². The first-order valence-electron chi connectivity index (χ1n) is 5.77. The average Bonchev–Trinajstić information content (AvgIpc) is 2.64. The van der Waals surface area contributed by atoms with Gasteiger partial charge in [-0.05, 0) is 19.1 Å². The van der Waals surface area contributed by atoms with Crippen LogP contribution in [0.3, 0.4) is 0 Å². The van der Waals surface area contributed by atoms with Crippen molar-refractivity contribution in [1.82, 2.24) is 0 Å². The zero-order chi connectivity index (χ0) is 15.8. The molecule has 0 atom stereocenters. The van der Waals surface area contributed by atoms with Crippen molar-refractivity contribution in [2.45, 2.75) is 6.92 Å². The summed E-state index contributed by atoms with van der Waals surface area (Å²) >= 11 is 0. The predicted molar refractivity (Wildman–Crippen MR) is 73.8 cm³/mol. The number of benzene rings is 1. The fourth-order valence-electron chi connectivity index (χ4n) is 2.15. The third-order valence-corrected chi connectivity index (χ3v) is 4.85. The van der Waals surface area contributed by atoms with Gasteiger partial charge in [-0.1, -0.05) is 18.2 Å². The molecule has 1 aliphatic heterocycles. The van der Waals surface area contributed by atoms with Crippen molar-refractivity contribution >= 4 is 15.5 Å². The Morgan fingerprint density at radius 3 is 2.14 bits per heavy atom. The van der Waals surface area contributed by atoms with E-state index in [0.29, 0.717) is 0 Å². The Hall–Kier alpha value is -2.55. The molecule has 0 aliphatic carbocycles. The first kappa shape index (κ1) is 14.9. The Balaban J connectivity index is 2.85. The van der Waals surface area contributed by atoms with E-state index in [0.717, 1.165) is 0 Å². The molecule has 1 heterocycles. The van der Waals surface area contributed by atoms with Crippen LogP contribution in [-0.4, -0.2) is 24.0 Å². The fraction of sp³-hybridized carbons (Fsp3) is 0.167. The Morgan fingerprint density at radius 2 is 1.71 bits per heavy atom. The van der Waals surface area contributed by atoms with Gasteiger partial charge in [0.05, 0.1) is 15.4 Å². The highest BCUT2D eigenvalue weighted by Gasteiger charge is 2.44. The fourth-order valence-corrected chi connectivity index (χ4v) is 4.05. The van der Waals surface area contributed by atoms with E-state index in [1.54, 1.807) is 6.07 Å². The maximum atomic E-state index is 12.1. The molecule has 0 radical (unpaired) electrons. The molecule has 0 spiro atoms. The summed E-state index contributed by atoms with van der Waals surface area (Å²) in [5.74, 6) is -0.828. The molecular formula is C12H10N2O6S.